The lowest BCUT2D eigenvalue weighted by molar-refractivity contribution is 0.202. The Balaban J connectivity index is 2.20. The van der Waals surface area contributed by atoms with Gasteiger partial charge in [-0.25, -0.2) is 0 Å². The first-order valence-corrected chi connectivity index (χ1v) is 7.59. The first-order valence-electron chi connectivity index (χ1n) is 7.59. The van der Waals surface area contributed by atoms with Crippen LogP contribution in [0.2, 0.25) is 0 Å². The number of hydrogen-bond donors (Lipinski definition) is 1. The van der Waals surface area contributed by atoms with Crippen LogP contribution in [-0.4, -0.2) is 43.2 Å². The van der Waals surface area contributed by atoms with Gasteiger partial charge in [-0.05, 0) is 43.1 Å². The highest BCUT2D eigenvalue weighted by Gasteiger charge is 2.09. The van der Waals surface area contributed by atoms with E-state index in [1.165, 1.54) is 22.0 Å². The first kappa shape index (κ1) is 15.1. The summed E-state index contributed by atoms with van der Waals surface area (Å²) in [6, 6.07) is 6.50. The van der Waals surface area contributed by atoms with E-state index in [9.17, 15) is 0 Å². The molecule has 0 bridgehead atoms. The smallest absolute Gasteiger partial charge is 0.0502 e. The van der Waals surface area contributed by atoms with Crippen LogP contribution in [0.15, 0.2) is 24.4 Å². The molecular weight excluding hydrogens is 248 g/mol. The molecule has 0 saturated heterocycles. The largest absolute Gasteiger partial charge is 0.384 e. The normalized spacial score (nSPS) is 11.6. The summed E-state index contributed by atoms with van der Waals surface area (Å²) in [6.45, 7) is 8.59. The van der Waals surface area contributed by atoms with Gasteiger partial charge in [0.15, 0.2) is 0 Å². The van der Waals surface area contributed by atoms with Crippen molar-refractivity contribution in [1.82, 2.24) is 9.88 Å². The molecule has 0 unspecified atom stereocenters. The van der Waals surface area contributed by atoms with Gasteiger partial charge in [-0.15, -0.1) is 0 Å². The summed E-state index contributed by atoms with van der Waals surface area (Å²) in [6.07, 6.45) is 4.25. The molecule has 0 spiro atoms. The average Bonchev–Trinajstić information content (AvgIpc) is 2.90. The van der Waals surface area contributed by atoms with Crippen LogP contribution in [0.4, 0.5) is 0 Å². The van der Waals surface area contributed by atoms with Gasteiger partial charge in [-0.2, -0.15) is 0 Å². The molecule has 0 amide bonds. The SMILES string of the molecule is CCN(CC)CCc1c[nH]c2cccc(CCOC)c12. The van der Waals surface area contributed by atoms with Gasteiger partial charge in [-0.3, -0.25) is 0 Å². The number of nitrogens with zero attached hydrogens (tertiary/aromatic N) is 1. The fourth-order valence-electron chi connectivity index (χ4n) is 2.77. The third-order valence-electron chi connectivity index (χ3n) is 4.04. The monoisotopic (exact) mass is 274 g/mol. The Hall–Kier alpha value is -1.32. The van der Waals surface area contributed by atoms with Gasteiger partial charge in [-0.1, -0.05) is 26.0 Å². The molecule has 1 aromatic carbocycles. The highest BCUT2D eigenvalue weighted by Crippen LogP contribution is 2.23. The minimum Gasteiger partial charge on any atom is -0.384 e. The number of ether oxygens (including phenoxy) is 1. The molecule has 0 fully saturated rings. The van der Waals surface area contributed by atoms with Crippen molar-refractivity contribution in [3.05, 3.63) is 35.5 Å². The Morgan fingerprint density at radius 1 is 1.10 bits per heavy atom. The van der Waals surface area contributed by atoms with E-state index in [0.29, 0.717) is 0 Å². The molecule has 1 N–H and O–H groups in total. The van der Waals surface area contributed by atoms with Crippen molar-refractivity contribution in [1.29, 1.82) is 0 Å². The summed E-state index contributed by atoms with van der Waals surface area (Å²) >= 11 is 0. The third kappa shape index (κ3) is 3.41. The van der Waals surface area contributed by atoms with Crippen molar-refractivity contribution in [2.24, 2.45) is 0 Å². The van der Waals surface area contributed by atoms with E-state index in [0.717, 1.165) is 39.1 Å². The standard InChI is InChI=1S/C17H26N2O/c1-4-19(5-2)11-9-15-13-18-16-8-6-7-14(17(15)16)10-12-20-3/h6-8,13,18H,4-5,9-12H2,1-3H3. The van der Waals surface area contributed by atoms with Crippen LogP contribution in [0.3, 0.4) is 0 Å². The molecule has 0 aliphatic rings. The van der Waals surface area contributed by atoms with E-state index in [4.69, 9.17) is 4.74 Å². The number of aromatic nitrogens is 1. The van der Waals surface area contributed by atoms with Crippen LogP contribution in [0.1, 0.15) is 25.0 Å². The minimum atomic E-state index is 0.778. The number of rotatable bonds is 8. The molecule has 0 radical (unpaired) electrons. The van der Waals surface area contributed by atoms with Crippen LogP contribution >= 0.6 is 0 Å². The summed E-state index contributed by atoms with van der Waals surface area (Å²) in [7, 11) is 1.76. The van der Waals surface area contributed by atoms with Gasteiger partial charge < -0.3 is 14.6 Å². The summed E-state index contributed by atoms with van der Waals surface area (Å²) in [5.41, 5.74) is 4.06. The van der Waals surface area contributed by atoms with E-state index in [1.54, 1.807) is 7.11 Å². The molecule has 0 aliphatic heterocycles. The summed E-state index contributed by atoms with van der Waals surface area (Å²) in [4.78, 5) is 5.87. The predicted molar refractivity (Wildman–Crippen MR) is 85.4 cm³/mol. The maximum atomic E-state index is 5.23. The van der Waals surface area contributed by atoms with E-state index >= 15 is 0 Å². The molecule has 1 aromatic heterocycles. The van der Waals surface area contributed by atoms with E-state index < -0.39 is 0 Å². The Morgan fingerprint density at radius 3 is 2.60 bits per heavy atom. The molecule has 0 atom stereocenters. The molecule has 20 heavy (non-hydrogen) atoms. The molecule has 2 rings (SSSR count). The number of nitrogens with one attached hydrogen (secondary N) is 1. The van der Waals surface area contributed by atoms with Crippen LogP contribution in [-0.2, 0) is 17.6 Å². The zero-order valence-electron chi connectivity index (χ0n) is 12.9. The van der Waals surface area contributed by atoms with E-state index in [2.05, 4.69) is 48.1 Å². The molecule has 0 aliphatic carbocycles. The number of aromatic amines is 1. The van der Waals surface area contributed by atoms with Gasteiger partial charge in [0.05, 0.1) is 6.61 Å². The average molecular weight is 274 g/mol. The van der Waals surface area contributed by atoms with Crippen molar-refractivity contribution < 1.29 is 4.74 Å². The van der Waals surface area contributed by atoms with Gasteiger partial charge in [0.2, 0.25) is 0 Å². The Bertz CT molecular complexity index is 529. The molecule has 3 nitrogen and oxygen atoms in total. The second kappa shape index (κ2) is 7.46. The lowest BCUT2D eigenvalue weighted by Gasteiger charge is -2.17. The molecule has 1 heterocycles. The Morgan fingerprint density at radius 2 is 1.90 bits per heavy atom. The summed E-state index contributed by atoms with van der Waals surface area (Å²) in [5.74, 6) is 0. The minimum absolute atomic E-state index is 0.778. The lowest BCUT2D eigenvalue weighted by atomic mass is 10.0. The number of hydrogen-bond acceptors (Lipinski definition) is 2. The van der Waals surface area contributed by atoms with Crippen LogP contribution in [0.5, 0.6) is 0 Å². The van der Waals surface area contributed by atoms with Crippen molar-refractivity contribution in [2.75, 3.05) is 33.4 Å². The maximum Gasteiger partial charge on any atom is 0.0502 e. The maximum absolute atomic E-state index is 5.23. The highest BCUT2D eigenvalue weighted by molar-refractivity contribution is 5.86. The zero-order valence-corrected chi connectivity index (χ0v) is 12.9. The molecule has 3 heteroatoms. The topological polar surface area (TPSA) is 28.3 Å². The van der Waals surface area contributed by atoms with Crippen molar-refractivity contribution >= 4 is 10.9 Å². The summed E-state index contributed by atoms with van der Waals surface area (Å²) in [5, 5.41) is 1.40. The number of likely N-dealkylation sites (N-methyl/N-ethyl adjacent to an activating group) is 1. The number of methoxy groups -OCH3 is 1. The first-order chi connectivity index (χ1) is 9.80. The Labute approximate surface area is 121 Å². The second-order valence-electron chi connectivity index (χ2n) is 5.17. The van der Waals surface area contributed by atoms with Crippen molar-refractivity contribution in [3.8, 4) is 0 Å². The molecule has 110 valence electrons. The summed E-state index contributed by atoms with van der Waals surface area (Å²) < 4.78 is 5.23. The predicted octanol–water partition coefficient (Wildman–Crippen LogP) is 3.24. The van der Waals surface area contributed by atoms with Gasteiger partial charge in [0, 0.05) is 30.8 Å². The number of fused-ring (bicyclic) bond motifs is 1. The van der Waals surface area contributed by atoms with Crippen molar-refractivity contribution in [2.45, 2.75) is 26.7 Å². The third-order valence-corrected chi connectivity index (χ3v) is 4.04. The second-order valence-corrected chi connectivity index (χ2v) is 5.17. The fourth-order valence-corrected chi connectivity index (χ4v) is 2.77. The number of H-pyrrole nitrogens is 1. The van der Waals surface area contributed by atoms with Crippen LogP contribution in [0, 0.1) is 0 Å². The van der Waals surface area contributed by atoms with Crippen molar-refractivity contribution in [3.63, 3.8) is 0 Å². The lowest BCUT2D eigenvalue weighted by Crippen LogP contribution is -2.25. The quantitative estimate of drug-likeness (QED) is 0.800. The highest BCUT2D eigenvalue weighted by atomic mass is 16.5. The number of benzene rings is 1. The van der Waals surface area contributed by atoms with Gasteiger partial charge in [0.25, 0.3) is 0 Å². The van der Waals surface area contributed by atoms with Gasteiger partial charge in [0.1, 0.15) is 0 Å². The Kier molecular flexibility index (Phi) is 5.62. The van der Waals surface area contributed by atoms with Crippen LogP contribution < -0.4 is 0 Å². The fraction of sp³-hybridized carbons (Fsp3) is 0.529. The van der Waals surface area contributed by atoms with Crippen LogP contribution in [0.25, 0.3) is 10.9 Å². The zero-order chi connectivity index (χ0) is 14.4. The molecule has 2 aromatic rings. The van der Waals surface area contributed by atoms with E-state index in [-0.39, 0.29) is 0 Å². The van der Waals surface area contributed by atoms with Gasteiger partial charge >= 0.3 is 0 Å². The molecular formula is C17H26N2O. The molecule has 0 saturated carbocycles. The van der Waals surface area contributed by atoms with E-state index in [1.807, 2.05) is 0 Å².